The Morgan fingerprint density at radius 2 is 1.87 bits per heavy atom. The maximum Gasteiger partial charge on any atom is 0.266 e. The molecular formula is C28H22F2N8O. The van der Waals surface area contributed by atoms with Gasteiger partial charge >= 0.3 is 0 Å². The van der Waals surface area contributed by atoms with Crippen LogP contribution < -0.4 is 16.6 Å². The van der Waals surface area contributed by atoms with Crippen LogP contribution in [-0.4, -0.2) is 36.0 Å². The fourth-order valence-electron chi connectivity index (χ4n) is 4.14. The van der Waals surface area contributed by atoms with Gasteiger partial charge in [0.1, 0.15) is 46.7 Å². The van der Waals surface area contributed by atoms with E-state index in [1.54, 1.807) is 25.3 Å². The van der Waals surface area contributed by atoms with Crippen LogP contribution in [0.5, 0.6) is 0 Å². The molecule has 0 saturated heterocycles. The fourth-order valence-corrected chi connectivity index (χ4v) is 4.14. The first-order valence-corrected chi connectivity index (χ1v) is 12.0. The number of hydrogen-bond acceptors (Lipinski definition) is 8. The van der Waals surface area contributed by atoms with Gasteiger partial charge in [0, 0.05) is 31.4 Å². The van der Waals surface area contributed by atoms with Crippen molar-refractivity contribution in [1.82, 2.24) is 29.5 Å². The smallest absolute Gasteiger partial charge is 0.266 e. The molecule has 0 aliphatic carbocycles. The van der Waals surface area contributed by atoms with Crippen LogP contribution in [0.1, 0.15) is 29.1 Å². The lowest BCUT2D eigenvalue weighted by Gasteiger charge is -2.15. The van der Waals surface area contributed by atoms with Gasteiger partial charge in [-0.2, -0.15) is 0 Å². The molecule has 0 spiro atoms. The maximum absolute atomic E-state index is 14.1. The first kappa shape index (κ1) is 25.4. The van der Waals surface area contributed by atoms with E-state index in [0.29, 0.717) is 53.2 Å². The number of nitrogens with one attached hydrogen (secondary N) is 1. The zero-order valence-corrected chi connectivity index (χ0v) is 20.8. The number of rotatable bonds is 6. The van der Waals surface area contributed by atoms with Gasteiger partial charge in [0.15, 0.2) is 0 Å². The molecule has 11 heteroatoms. The molecule has 0 fully saturated rings. The van der Waals surface area contributed by atoms with Crippen molar-refractivity contribution >= 4 is 22.5 Å². The molecule has 0 aliphatic heterocycles. The summed E-state index contributed by atoms with van der Waals surface area (Å²) in [5.41, 5.74) is 7.83. The molecule has 5 rings (SSSR count). The molecule has 0 aliphatic rings. The summed E-state index contributed by atoms with van der Waals surface area (Å²) in [4.78, 5) is 34.6. The van der Waals surface area contributed by atoms with E-state index in [9.17, 15) is 13.6 Å². The molecule has 5 aromatic rings. The summed E-state index contributed by atoms with van der Waals surface area (Å²) in [6.45, 7) is 2.21. The lowest BCUT2D eigenvalue weighted by atomic mass is 10.1. The summed E-state index contributed by atoms with van der Waals surface area (Å²) in [6, 6.07) is 8.34. The number of nitrogens with two attached hydrogens (primary N) is 1. The van der Waals surface area contributed by atoms with E-state index in [4.69, 9.17) is 5.73 Å². The number of nitrogens with zero attached hydrogens (tertiary/aromatic N) is 6. The summed E-state index contributed by atoms with van der Waals surface area (Å²) in [5.74, 6) is 5.26. The molecule has 3 heterocycles. The molecule has 3 aromatic heterocycles. The second-order valence-electron chi connectivity index (χ2n) is 8.62. The number of halogens is 2. The molecule has 0 bridgehead atoms. The van der Waals surface area contributed by atoms with Crippen molar-refractivity contribution in [3.63, 3.8) is 0 Å². The highest BCUT2D eigenvalue weighted by molar-refractivity contribution is 5.81. The minimum atomic E-state index is -0.786. The van der Waals surface area contributed by atoms with Crippen LogP contribution in [0.25, 0.3) is 16.6 Å². The van der Waals surface area contributed by atoms with E-state index in [2.05, 4.69) is 42.1 Å². The molecule has 9 nitrogen and oxygen atoms in total. The van der Waals surface area contributed by atoms with Crippen molar-refractivity contribution in [2.75, 3.05) is 17.6 Å². The van der Waals surface area contributed by atoms with Gasteiger partial charge in [-0.05, 0) is 43.0 Å². The van der Waals surface area contributed by atoms with Gasteiger partial charge in [-0.3, -0.25) is 14.3 Å². The van der Waals surface area contributed by atoms with Gasteiger partial charge < -0.3 is 11.1 Å². The monoisotopic (exact) mass is 524 g/mol. The number of aryl methyl sites for hydroxylation is 2. The normalized spacial score (nSPS) is 10.7. The predicted molar refractivity (Wildman–Crippen MR) is 143 cm³/mol. The third kappa shape index (κ3) is 5.55. The van der Waals surface area contributed by atoms with Crippen molar-refractivity contribution in [3.8, 4) is 17.5 Å². The van der Waals surface area contributed by atoms with E-state index < -0.39 is 17.2 Å². The quantitative estimate of drug-likeness (QED) is 0.255. The van der Waals surface area contributed by atoms with Crippen LogP contribution in [0.15, 0.2) is 66.1 Å². The number of hydrogen-bond donors (Lipinski definition) is 2. The van der Waals surface area contributed by atoms with Gasteiger partial charge in [0.25, 0.3) is 5.56 Å². The van der Waals surface area contributed by atoms with E-state index in [1.807, 2.05) is 6.07 Å². The van der Waals surface area contributed by atoms with E-state index in [1.165, 1.54) is 23.3 Å². The lowest BCUT2D eigenvalue weighted by Crippen LogP contribution is -2.25. The molecule has 0 unspecified atom stereocenters. The summed E-state index contributed by atoms with van der Waals surface area (Å²) in [5, 5.41) is 3.59. The minimum absolute atomic E-state index is 0.0725. The lowest BCUT2D eigenvalue weighted by molar-refractivity contribution is 0.580. The van der Waals surface area contributed by atoms with Crippen molar-refractivity contribution in [2.24, 2.45) is 0 Å². The summed E-state index contributed by atoms with van der Waals surface area (Å²) in [6.07, 6.45) is 6.77. The van der Waals surface area contributed by atoms with E-state index >= 15 is 0 Å². The summed E-state index contributed by atoms with van der Waals surface area (Å²) < 4.78 is 29.4. The Labute approximate surface area is 221 Å². The zero-order valence-electron chi connectivity index (χ0n) is 20.8. The predicted octanol–water partition coefficient (Wildman–Crippen LogP) is 3.58. The third-order valence-electron chi connectivity index (χ3n) is 5.91. The Morgan fingerprint density at radius 3 is 2.64 bits per heavy atom. The molecule has 3 N–H and O–H groups in total. The maximum atomic E-state index is 14.1. The molecule has 0 atom stereocenters. The molecular weight excluding hydrogens is 502 g/mol. The topological polar surface area (TPSA) is 124 Å². The van der Waals surface area contributed by atoms with Gasteiger partial charge in [0.05, 0.1) is 22.8 Å². The first-order valence-electron chi connectivity index (χ1n) is 12.0. The van der Waals surface area contributed by atoms with Crippen molar-refractivity contribution < 1.29 is 8.78 Å². The van der Waals surface area contributed by atoms with Crippen molar-refractivity contribution in [1.29, 1.82) is 0 Å². The van der Waals surface area contributed by atoms with Crippen LogP contribution in [0.3, 0.4) is 0 Å². The highest BCUT2D eigenvalue weighted by atomic mass is 19.1. The average molecular weight is 525 g/mol. The van der Waals surface area contributed by atoms with E-state index in [0.717, 1.165) is 23.8 Å². The highest BCUT2D eigenvalue weighted by Gasteiger charge is 2.16. The Hall–Kier alpha value is -5.24. The fraction of sp³-hybridized carbons (Fsp3) is 0.143. The summed E-state index contributed by atoms with van der Waals surface area (Å²) in [7, 11) is 0. The zero-order chi connectivity index (χ0) is 27.4. The highest BCUT2D eigenvalue weighted by Crippen LogP contribution is 2.20. The SMILES string of the molecule is Cc1cccc2nc(CCCNc3ncnc(N)c3C#Cc3cnccn3)n(-c3cc(F)cc(F)c3)c(=O)c12. The van der Waals surface area contributed by atoms with Crippen molar-refractivity contribution in [3.05, 3.63) is 106 Å². The molecule has 2 aromatic carbocycles. The number of nitrogen functional groups attached to an aromatic ring is 1. The Kier molecular flexibility index (Phi) is 7.18. The minimum Gasteiger partial charge on any atom is -0.382 e. The second-order valence-corrected chi connectivity index (χ2v) is 8.62. The van der Waals surface area contributed by atoms with Crippen LogP contribution in [0.2, 0.25) is 0 Å². The average Bonchev–Trinajstić information content (AvgIpc) is 2.90. The van der Waals surface area contributed by atoms with Crippen LogP contribution in [0.4, 0.5) is 20.4 Å². The Balaban J connectivity index is 1.42. The van der Waals surface area contributed by atoms with Gasteiger partial charge in [-0.15, -0.1) is 0 Å². The van der Waals surface area contributed by atoms with E-state index in [-0.39, 0.29) is 11.5 Å². The number of aromatic nitrogens is 6. The number of anilines is 2. The number of fused-ring (bicyclic) bond motifs is 1. The molecule has 0 radical (unpaired) electrons. The van der Waals surface area contributed by atoms with Crippen LogP contribution in [-0.2, 0) is 6.42 Å². The van der Waals surface area contributed by atoms with Gasteiger partial charge in [-0.1, -0.05) is 18.1 Å². The molecule has 39 heavy (non-hydrogen) atoms. The standard InChI is InChI=1S/C28H22F2N8O/c1-17-4-2-5-23-25(17)28(39)38(21-13-18(29)12-19(30)14-21)24(37-23)6-3-9-34-27-22(26(31)35-16-36-27)8-7-20-15-32-10-11-33-20/h2,4-5,10-16H,3,6,9H2,1H3,(H3,31,34,35,36). The second kappa shape index (κ2) is 11.0. The number of benzene rings is 2. The Bertz CT molecular complexity index is 1780. The largest absolute Gasteiger partial charge is 0.382 e. The van der Waals surface area contributed by atoms with Gasteiger partial charge in [-0.25, -0.2) is 28.7 Å². The first-order chi connectivity index (χ1) is 18.9. The third-order valence-corrected chi connectivity index (χ3v) is 5.91. The molecule has 194 valence electrons. The van der Waals surface area contributed by atoms with Crippen LogP contribution in [0, 0.1) is 30.4 Å². The molecule has 0 saturated carbocycles. The van der Waals surface area contributed by atoms with Crippen LogP contribution >= 0.6 is 0 Å². The van der Waals surface area contributed by atoms with Crippen molar-refractivity contribution in [2.45, 2.75) is 19.8 Å². The molecule has 0 amide bonds. The Morgan fingerprint density at radius 1 is 1.05 bits per heavy atom. The summed E-state index contributed by atoms with van der Waals surface area (Å²) >= 11 is 0. The van der Waals surface area contributed by atoms with Gasteiger partial charge in [0.2, 0.25) is 0 Å².